The van der Waals surface area contributed by atoms with Gasteiger partial charge in [0.05, 0.1) is 11.4 Å². The fourth-order valence-corrected chi connectivity index (χ4v) is 2.83. The Balaban J connectivity index is 2.00. The summed E-state index contributed by atoms with van der Waals surface area (Å²) >= 11 is 3.49. The first-order chi connectivity index (χ1) is 8.25. The van der Waals surface area contributed by atoms with Gasteiger partial charge >= 0.3 is 0 Å². The molecule has 0 aromatic heterocycles. The van der Waals surface area contributed by atoms with Gasteiger partial charge in [-0.1, -0.05) is 48.0 Å². The molecule has 2 rings (SSSR count). The smallest absolute Gasteiger partial charge is 0.0587 e. The molecule has 17 heavy (non-hydrogen) atoms. The minimum Gasteiger partial charge on any atom is -0.397 e. The van der Waals surface area contributed by atoms with Crippen molar-refractivity contribution in [3.63, 3.8) is 0 Å². The van der Waals surface area contributed by atoms with Crippen molar-refractivity contribution in [2.75, 3.05) is 11.1 Å². The average Bonchev–Trinajstić information content (AvgIpc) is 2.27. The van der Waals surface area contributed by atoms with E-state index >= 15 is 0 Å². The van der Waals surface area contributed by atoms with E-state index in [-0.39, 0.29) is 0 Å². The number of halogens is 1. The maximum atomic E-state index is 5.99. The van der Waals surface area contributed by atoms with Crippen LogP contribution in [0.3, 0.4) is 0 Å². The lowest BCUT2D eigenvalue weighted by molar-refractivity contribution is 0.471. The topological polar surface area (TPSA) is 38.0 Å². The molecule has 0 unspecified atom stereocenters. The first-order valence-electron chi connectivity index (χ1n) is 6.57. The van der Waals surface area contributed by atoms with Crippen molar-refractivity contribution in [2.24, 2.45) is 0 Å². The Labute approximate surface area is 112 Å². The van der Waals surface area contributed by atoms with Gasteiger partial charge in [-0.25, -0.2) is 0 Å². The monoisotopic (exact) mass is 296 g/mol. The molecule has 3 heteroatoms. The molecule has 1 saturated carbocycles. The van der Waals surface area contributed by atoms with Gasteiger partial charge in [0.25, 0.3) is 0 Å². The molecule has 0 radical (unpaired) electrons. The fourth-order valence-electron chi connectivity index (χ4n) is 2.47. The van der Waals surface area contributed by atoms with Crippen LogP contribution in [0.15, 0.2) is 22.7 Å². The van der Waals surface area contributed by atoms with Crippen LogP contribution in [0.4, 0.5) is 11.4 Å². The molecular formula is C14H21BrN2. The van der Waals surface area contributed by atoms with Crippen LogP contribution < -0.4 is 11.1 Å². The summed E-state index contributed by atoms with van der Waals surface area (Å²) in [4.78, 5) is 0. The van der Waals surface area contributed by atoms with E-state index in [0.717, 1.165) is 15.8 Å². The van der Waals surface area contributed by atoms with Crippen LogP contribution in [0, 0.1) is 0 Å². The third-order valence-corrected chi connectivity index (χ3v) is 3.97. The highest BCUT2D eigenvalue weighted by molar-refractivity contribution is 9.10. The highest BCUT2D eigenvalue weighted by Gasteiger charge is 2.12. The van der Waals surface area contributed by atoms with Gasteiger partial charge in [-0.05, 0) is 31.0 Å². The molecule has 1 fully saturated rings. The second-order valence-electron chi connectivity index (χ2n) is 4.92. The van der Waals surface area contributed by atoms with Crippen molar-refractivity contribution in [2.45, 2.75) is 51.0 Å². The standard InChI is InChI=1S/C14H21BrN2/c15-11-8-9-13(16)14(10-11)17-12-6-4-2-1-3-5-7-12/h8-10,12,17H,1-7,16H2. The molecule has 0 spiro atoms. The first-order valence-corrected chi connectivity index (χ1v) is 7.36. The predicted molar refractivity (Wildman–Crippen MR) is 78.3 cm³/mol. The first kappa shape index (κ1) is 12.7. The molecule has 1 aromatic carbocycles. The van der Waals surface area contributed by atoms with Crippen molar-refractivity contribution in [1.29, 1.82) is 0 Å². The van der Waals surface area contributed by atoms with E-state index < -0.39 is 0 Å². The van der Waals surface area contributed by atoms with E-state index in [1.165, 1.54) is 44.9 Å². The number of hydrogen-bond donors (Lipinski definition) is 2. The number of benzene rings is 1. The molecule has 2 nitrogen and oxygen atoms in total. The summed E-state index contributed by atoms with van der Waals surface area (Å²) in [6.45, 7) is 0. The summed E-state index contributed by atoms with van der Waals surface area (Å²) in [5.74, 6) is 0. The van der Waals surface area contributed by atoms with Gasteiger partial charge in [-0.3, -0.25) is 0 Å². The Kier molecular flexibility index (Phi) is 4.72. The minimum absolute atomic E-state index is 0.590. The molecule has 1 aliphatic rings. The third kappa shape index (κ3) is 3.91. The number of anilines is 2. The average molecular weight is 297 g/mol. The second-order valence-corrected chi connectivity index (χ2v) is 5.83. The molecule has 1 aliphatic carbocycles. The number of nitrogen functional groups attached to an aromatic ring is 1. The quantitative estimate of drug-likeness (QED) is 0.786. The van der Waals surface area contributed by atoms with Crippen LogP contribution in [-0.4, -0.2) is 6.04 Å². The summed E-state index contributed by atoms with van der Waals surface area (Å²) in [5.41, 5.74) is 7.91. The summed E-state index contributed by atoms with van der Waals surface area (Å²) in [6, 6.07) is 6.61. The Morgan fingerprint density at radius 1 is 1.06 bits per heavy atom. The number of hydrogen-bond acceptors (Lipinski definition) is 2. The minimum atomic E-state index is 0.590. The highest BCUT2D eigenvalue weighted by atomic mass is 79.9. The summed E-state index contributed by atoms with van der Waals surface area (Å²) < 4.78 is 1.08. The van der Waals surface area contributed by atoms with E-state index in [1.54, 1.807) is 0 Å². The van der Waals surface area contributed by atoms with Crippen molar-refractivity contribution >= 4 is 27.3 Å². The van der Waals surface area contributed by atoms with Gasteiger partial charge in [0.2, 0.25) is 0 Å². The number of rotatable bonds is 2. The van der Waals surface area contributed by atoms with Crippen LogP contribution >= 0.6 is 15.9 Å². The normalized spacial score (nSPS) is 18.4. The largest absolute Gasteiger partial charge is 0.397 e. The molecule has 1 aromatic rings. The maximum Gasteiger partial charge on any atom is 0.0587 e. The molecule has 94 valence electrons. The zero-order chi connectivity index (χ0) is 12.1. The van der Waals surface area contributed by atoms with E-state index in [0.29, 0.717) is 6.04 Å². The van der Waals surface area contributed by atoms with Gasteiger partial charge < -0.3 is 11.1 Å². The third-order valence-electron chi connectivity index (χ3n) is 3.48. The van der Waals surface area contributed by atoms with E-state index in [1.807, 2.05) is 12.1 Å². The van der Waals surface area contributed by atoms with Gasteiger partial charge in [-0.2, -0.15) is 0 Å². The second kappa shape index (κ2) is 6.29. The lowest BCUT2D eigenvalue weighted by Crippen LogP contribution is -2.21. The summed E-state index contributed by atoms with van der Waals surface area (Å²) in [5, 5.41) is 3.60. The zero-order valence-corrected chi connectivity index (χ0v) is 11.8. The molecule has 0 amide bonds. The van der Waals surface area contributed by atoms with Crippen LogP contribution in [0.2, 0.25) is 0 Å². The molecule has 0 atom stereocenters. The van der Waals surface area contributed by atoms with Crippen molar-refractivity contribution < 1.29 is 0 Å². The SMILES string of the molecule is Nc1ccc(Br)cc1NC1CCCCCCC1. The lowest BCUT2D eigenvalue weighted by Gasteiger charge is -2.23. The summed E-state index contributed by atoms with van der Waals surface area (Å²) in [6.07, 6.45) is 9.39. The molecule has 0 bridgehead atoms. The van der Waals surface area contributed by atoms with Gasteiger partial charge in [0.15, 0.2) is 0 Å². The lowest BCUT2D eigenvalue weighted by atomic mass is 9.96. The zero-order valence-electron chi connectivity index (χ0n) is 10.2. The number of nitrogens with two attached hydrogens (primary N) is 1. The van der Waals surface area contributed by atoms with Crippen LogP contribution in [0.25, 0.3) is 0 Å². The van der Waals surface area contributed by atoms with Crippen LogP contribution in [-0.2, 0) is 0 Å². The van der Waals surface area contributed by atoms with Crippen molar-refractivity contribution in [1.82, 2.24) is 0 Å². The van der Waals surface area contributed by atoms with Crippen LogP contribution in [0.1, 0.15) is 44.9 Å². The van der Waals surface area contributed by atoms with Crippen molar-refractivity contribution in [3.8, 4) is 0 Å². The van der Waals surface area contributed by atoms with Crippen LogP contribution in [0.5, 0.6) is 0 Å². The molecule has 0 aliphatic heterocycles. The Bertz CT molecular complexity index is 357. The highest BCUT2D eigenvalue weighted by Crippen LogP contribution is 2.27. The van der Waals surface area contributed by atoms with E-state index in [9.17, 15) is 0 Å². The summed E-state index contributed by atoms with van der Waals surface area (Å²) in [7, 11) is 0. The Morgan fingerprint density at radius 3 is 2.41 bits per heavy atom. The Morgan fingerprint density at radius 2 is 1.71 bits per heavy atom. The van der Waals surface area contributed by atoms with Crippen molar-refractivity contribution in [3.05, 3.63) is 22.7 Å². The predicted octanol–water partition coefficient (Wildman–Crippen LogP) is 4.56. The molecule has 0 heterocycles. The molecular weight excluding hydrogens is 276 g/mol. The molecule has 0 saturated heterocycles. The Hall–Kier alpha value is -0.700. The van der Waals surface area contributed by atoms with E-state index in [4.69, 9.17) is 5.73 Å². The maximum absolute atomic E-state index is 5.99. The fraction of sp³-hybridized carbons (Fsp3) is 0.571. The van der Waals surface area contributed by atoms with Gasteiger partial charge in [0, 0.05) is 10.5 Å². The van der Waals surface area contributed by atoms with Gasteiger partial charge in [0.1, 0.15) is 0 Å². The van der Waals surface area contributed by atoms with E-state index in [2.05, 4.69) is 27.3 Å². The molecule has 3 N–H and O–H groups in total. The van der Waals surface area contributed by atoms with Gasteiger partial charge in [-0.15, -0.1) is 0 Å². The number of nitrogens with one attached hydrogen (secondary N) is 1.